The number of para-hydroxylation sites is 2. The summed E-state index contributed by atoms with van der Waals surface area (Å²) in [7, 11) is 0. The first-order chi connectivity index (χ1) is 34.0. The van der Waals surface area contributed by atoms with Gasteiger partial charge in [0.05, 0.1) is 21.5 Å². The van der Waals surface area contributed by atoms with E-state index in [9.17, 15) is 0 Å². The molecule has 70 heavy (non-hydrogen) atoms. The van der Waals surface area contributed by atoms with Gasteiger partial charge < -0.3 is 9.71 Å². The van der Waals surface area contributed by atoms with Crippen molar-refractivity contribution in [2.75, 3.05) is 9.71 Å². The van der Waals surface area contributed by atoms with E-state index in [0.29, 0.717) is 0 Å². The highest BCUT2D eigenvalue weighted by Gasteiger charge is 2.55. The molecule has 0 saturated heterocycles. The molecule has 9 aromatic carbocycles. The number of benzene rings is 9. The molecule has 0 N–H and O–H groups in total. The second-order valence-electron chi connectivity index (χ2n) is 22.6. The monoisotopic (exact) mass is 916 g/mol. The van der Waals surface area contributed by atoms with Crippen LogP contribution in [0.15, 0.2) is 188 Å². The van der Waals surface area contributed by atoms with Gasteiger partial charge in [0.1, 0.15) is 0 Å². The second kappa shape index (κ2) is 13.8. The van der Waals surface area contributed by atoms with Crippen molar-refractivity contribution in [3.63, 3.8) is 0 Å². The Bertz CT molecular complexity index is 3860. The Kier molecular flexibility index (Phi) is 8.03. The minimum Gasteiger partial charge on any atom is -0.376 e. The van der Waals surface area contributed by atoms with Gasteiger partial charge in [-0.3, -0.25) is 0 Å². The number of hydrogen-bond acceptors (Lipinski definition) is 3. The van der Waals surface area contributed by atoms with Crippen LogP contribution in [0.25, 0.3) is 42.4 Å². The van der Waals surface area contributed by atoms with Gasteiger partial charge in [-0.2, -0.15) is 0 Å². The van der Waals surface area contributed by atoms with E-state index in [1.165, 1.54) is 133 Å². The van der Waals surface area contributed by atoms with Crippen LogP contribution < -0.4 is 20.6 Å². The Morgan fingerprint density at radius 3 is 1.90 bits per heavy atom. The molecule has 5 aliphatic rings. The molecule has 2 aliphatic carbocycles. The molecule has 336 valence electrons. The Morgan fingerprint density at radius 2 is 1.13 bits per heavy atom. The van der Waals surface area contributed by atoms with Crippen molar-refractivity contribution in [1.29, 1.82) is 0 Å². The molecule has 0 bridgehead atoms. The summed E-state index contributed by atoms with van der Waals surface area (Å²) in [5, 5.41) is 2.65. The van der Waals surface area contributed by atoms with Crippen LogP contribution in [0, 0.1) is 0 Å². The van der Waals surface area contributed by atoms with Crippen molar-refractivity contribution in [2.45, 2.75) is 76.0 Å². The summed E-state index contributed by atoms with van der Waals surface area (Å²) < 4.78 is 2.67. The van der Waals surface area contributed by atoms with Gasteiger partial charge in [0.2, 0.25) is 0 Å². The Morgan fingerprint density at radius 1 is 0.471 bits per heavy atom. The van der Waals surface area contributed by atoms with Crippen molar-refractivity contribution in [2.24, 2.45) is 0 Å². The Hall–Kier alpha value is -7.14. The van der Waals surface area contributed by atoms with Crippen molar-refractivity contribution in [3.05, 3.63) is 233 Å². The summed E-state index contributed by atoms with van der Waals surface area (Å²) in [6.07, 6.45) is 2.35. The van der Waals surface area contributed by atoms with Gasteiger partial charge in [-0.1, -0.05) is 193 Å². The Labute approximate surface area is 416 Å². The van der Waals surface area contributed by atoms with E-state index in [0.717, 1.165) is 6.42 Å². The highest BCUT2D eigenvalue weighted by molar-refractivity contribution is 7.26. The van der Waals surface area contributed by atoms with E-state index in [2.05, 4.69) is 239 Å². The molecule has 0 fully saturated rings. The molecule has 0 unspecified atom stereocenters. The van der Waals surface area contributed by atoms with Crippen molar-refractivity contribution < 1.29 is 0 Å². The zero-order chi connectivity index (χ0) is 47.1. The van der Waals surface area contributed by atoms with E-state index in [4.69, 9.17) is 0 Å². The highest BCUT2D eigenvalue weighted by Crippen LogP contribution is 2.63. The maximum atomic E-state index is 2.80. The number of anilines is 5. The van der Waals surface area contributed by atoms with Gasteiger partial charge >= 0.3 is 6.85 Å². The molecule has 0 atom stereocenters. The van der Waals surface area contributed by atoms with Crippen LogP contribution in [0.3, 0.4) is 0 Å². The van der Waals surface area contributed by atoms with Gasteiger partial charge in [-0.25, -0.2) is 0 Å². The van der Waals surface area contributed by atoms with Crippen LogP contribution in [-0.2, 0) is 21.7 Å². The molecule has 0 amide bonds. The number of thiophene rings is 1. The lowest BCUT2D eigenvalue weighted by Gasteiger charge is -2.52. The first-order valence-corrected chi connectivity index (χ1v) is 26.2. The first kappa shape index (κ1) is 40.7. The standard InChI is InChI=1S/C66H53BN2S/c1-63(2)36-37-64(3,4)52-38-42(32-34-49(52)63)69-55-35-33-45-43-24-13-15-26-48(43)65(5,6)58(45)57(55)47-39-46-44-25-14-18-31-56(44)70-62(46)61-59(47)67(69)53-29-19-28-51-60(53)68(61)54-30-17-16-27-50(54)66(51,40-20-9-7-10-21-40)41-22-11-8-12-23-41/h7-35,38-39H,36-37H2,1-6H3. The average molecular weight is 917 g/mol. The minimum atomic E-state index is -0.592. The van der Waals surface area contributed by atoms with Gasteiger partial charge in [0.25, 0.3) is 0 Å². The van der Waals surface area contributed by atoms with E-state index in [1.54, 1.807) is 0 Å². The van der Waals surface area contributed by atoms with Crippen LogP contribution in [0.1, 0.15) is 98.9 Å². The Balaban J connectivity index is 1.14. The maximum absolute atomic E-state index is 2.80. The molecule has 15 rings (SSSR count). The summed E-state index contributed by atoms with van der Waals surface area (Å²) in [5.41, 5.74) is 24.8. The van der Waals surface area contributed by atoms with E-state index in [1.807, 2.05) is 11.3 Å². The molecule has 4 heteroatoms. The zero-order valence-corrected chi connectivity index (χ0v) is 41.5. The molecule has 1 aromatic heterocycles. The number of rotatable bonds is 3. The maximum Gasteiger partial charge on any atom is 0.333 e. The van der Waals surface area contributed by atoms with Crippen LogP contribution in [-0.4, -0.2) is 6.85 Å². The SMILES string of the molecule is CC1(C)CCC(C)(C)c2cc(N3B4c5cccc6c5N(c5ccccc5C6(c5ccccc5)c5ccccc5)c5c4c(cc4c5sc5ccccc54)-c4c3ccc3c4C(C)(C)c4ccccc4-3)ccc21. The molecule has 2 nitrogen and oxygen atoms in total. The molecular formula is C66H53BN2S. The molecule has 0 spiro atoms. The fraction of sp³-hybridized carbons (Fsp3) is 0.182. The lowest BCUT2D eigenvalue weighted by molar-refractivity contribution is 0.332. The third kappa shape index (κ3) is 5.00. The third-order valence-electron chi connectivity index (χ3n) is 17.7. The van der Waals surface area contributed by atoms with E-state index < -0.39 is 5.41 Å². The second-order valence-corrected chi connectivity index (χ2v) is 23.6. The van der Waals surface area contributed by atoms with Crippen molar-refractivity contribution >= 4 is 77.7 Å². The summed E-state index contributed by atoms with van der Waals surface area (Å²) in [4.78, 5) is 5.54. The summed E-state index contributed by atoms with van der Waals surface area (Å²) in [5.74, 6) is 0. The van der Waals surface area contributed by atoms with Gasteiger partial charge in [-0.15, -0.1) is 11.3 Å². The number of hydrogen-bond donors (Lipinski definition) is 0. The van der Waals surface area contributed by atoms with Gasteiger partial charge in [0, 0.05) is 43.5 Å². The first-order valence-electron chi connectivity index (χ1n) is 25.3. The van der Waals surface area contributed by atoms with E-state index in [-0.39, 0.29) is 23.1 Å². The summed E-state index contributed by atoms with van der Waals surface area (Å²) in [6.45, 7) is 14.7. The van der Waals surface area contributed by atoms with Crippen LogP contribution in [0.2, 0.25) is 0 Å². The van der Waals surface area contributed by atoms with Crippen molar-refractivity contribution in [3.8, 4) is 22.3 Å². The van der Waals surface area contributed by atoms with Gasteiger partial charge in [-0.05, 0) is 132 Å². The van der Waals surface area contributed by atoms with Crippen molar-refractivity contribution in [1.82, 2.24) is 0 Å². The smallest absolute Gasteiger partial charge is 0.333 e. The molecule has 10 aromatic rings. The molecule has 0 saturated carbocycles. The largest absolute Gasteiger partial charge is 0.376 e. The topological polar surface area (TPSA) is 6.48 Å². The summed E-state index contributed by atoms with van der Waals surface area (Å²) >= 11 is 1.96. The molecular weight excluding hydrogens is 864 g/mol. The van der Waals surface area contributed by atoms with Crippen LogP contribution >= 0.6 is 11.3 Å². The third-order valence-corrected chi connectivity index (χ3v) is 18.9. The lowest BCUT2D eigenvalue weighted by atomic mass is 9.42. The molecule has 3 aliphatic heterocycles. The van der Waals surface area contributed by atoms with Crippen LogP contribution in [0.5, 0.6) is 0 Å². The summed E-state index contributed by atoms with van der Waals surface area (Å²) in [6, 6.07) is 72.8. The lowest BCUT2D eigenvalue weighted by Crippen LogP contribution is -2.63. The zero-order valence-electron chi connectivity index (χ0n) is 40.7. The predicted octanol–water partition coefficient (Wildman–Crippen LogP) is 16.1. The quantitative estimate of drug-likeness (QED) is 0.163. The van der Waals surface area contributed by atoms with E-state index >= 15 is 0 Å². The average Bonchev–Trinajstić information content (AvgIpc) is 3.88. The normalized spacial score (nSPS) is 17.5. The minimum absolute atomic E-state index is 0.0390. The fourth-order valence-corrected chi connectivity index (χ4v) is 15.7. The highest BCUT2D eigenvalue weighted by atomic mass is 32.1. The fourth-order valence-electron chi connectivity index (χ4n) is 14.5. The molecule has 0 radical (unpaired) electrons. The number of nitrogens with zero attached hydrogens (tertiary/aromatic N) is 2. The van der Waals surface area contributed by atoms with Gasteiger partial charge in [0.15, 0.2) is 0 Å². The van der Waals surface area contributed by atoms with Crippen LogP contribution in [0.4, 0.5) is 28.4 Å². The molecule has 4 heterocycles. The predicted molar refractivity (Wildman–Crippen MR) is 298 cm³/mol. The number of fused-ring (bicyclic) bond motifs is 15.